The summed E-state index contributed by atoms with van der Waals surface area (Å²) in [6, 6.07) is 2.60. The van der Waals surface area contributed by atoms with E-state index in [1.807, 2.05) is 0 Å². The molecule has 0 radical (unpaired) electrons. The van der Waals surface area contributed by atoms with E-state index >= 15 is 0 Å². The number of imide groups is 1. The first-order chi connectivity index (χ1) is 26.3. The first-order valence-corrected chi connectivity index (χ1v) is 19.8. The van der Waals surface area contributed by atoms with Gasteiger partial charge >= 0.3 is 53.4 Å². The molecule has 7 atom stereocenters. The Balaban J connectivity index is 0.000000249. The first-order valence-electron chi connectivity index (χ1n) is 17.4. The van der Waals surface area contributed by atoms with Gasteiger partial charge in [0.2, 0.25) is 17.7 Å². The fourth-order valence-electron chi connectivity index (χ4n) is 7.61. The predicted molar refractivity (Wildman–Crippen MR) is 189 cm³/mol. The molecule has 5 aliphatic rings. The number of carbonyl (C=O) groups excluding carboxylic acids is 7. The van der Waals surface area contributed by atoms with Gasteiger partial charge in [-0.2, -0.15) is 0 Å². The number of sulfone groups is 1. The number of likely N-dealkylation sites (N-methyl/N-ethyl adjacent to an activating group) is 1. The van der Waals surface area contributed by atoms with Crippen LogP contribution < -0.4 is 45.3 Å². The molecule has 6 heterocycles. The standard InChI is InChI=1S/C23H27N5O7S.C10H12N4O5S.Na/c1-4-26-10-11-27(19(32)18(26)31)22(35)25-13(12-8-6-5-7-9-12)16(29)24-14-17(30)28-15(21(33)34)23(2,3)36-20(14)28;1-10(5-13-3-2-11-12-13)8(9(16)17)14-6(15)4-7(14)20(10,18)19;/h5-9,13-15,20H,4,10-11H2,1-3H3,(H,24,29)(H,25,35)(H,33,34);2-3,7-8H,4-5H2,1H3,(H,16,17);/q;;+1/p-1/t13?,14-,15+,20-;7?,8-,10-;/m10./s1. The quantitative estimate of drug-likeness (QED) is 0.120. The Labute approximate surface area is 352 Å². The van der Waals surface area contributed by atoms with Gasteiger partial charge in [0.05, 0.1) is 31.2 Å². The number of amides is 7. The summed E-state index contributed by atoms with van der Waals surface area (Å²) in [6.45, 7) is 6.78. The number of carbonyl (C=O) groups is 8. The number of nitrogens with one attached hydrogen (secondary N) is 2. The first kappa shape index (κ1) is 43.5. The number of β-lactam (4-membered cyclic amide) rings is 2. The Morgan fingerprint density at radius 1 is 1.02 bits per heavy atom. The molecule has 24 heteroatoms. The van der Waals surface area contributed by atoms with Crippen LogP contribution in [0.25, 0.3) is 0 Å². The number of carboxylic acids is 2. The van der Waals surface area contributed by atoms with Gasteiger partial charge in [0.15, 0.2) is 9.84 Å². The van der Waals surface area contributed by atoms with Gasteiger partial charge in [-0.05, 0) is 33.3 Å². The van der Waals surface area contributed by atoms with Crippen LogP contribution in [0.5, 0.6) is 0 Å². The zero-order valence-corrected chi connectivity index (χ0v) is 35.1. The van der Waals surface area contributed by atoms with Gasteiger partial charge in [-0.15, -0.1) is 16.9 Å². The number of rotatable bonds is 9. The summed E-state index contributed by atoms with van der Waals surface area (Å²) in [5, 5.41) is 31.7. The van der Waals surface area contributed by atoms with Crippen molar-refractivity contribution in [1.29, 1.82) is 0 Å². The molecule has 7 amide bonds. The molecule has 21 nitrogen and oxygen atoms in total. The second-order valence-corrected chi connectivity index (χ2v) is 18.7. The molecular weight excluding hydrogens is 802 g/mol. The number of nitrogens with zero attached hydrogens (tertiary/aromatic N) is 7. The van der Waals surface area contributed by atoms with Crippen LogP contribution in [-0.4, -0.2) is 154 Å². The van der Waals surface area contributed by atoms with E-state index in [2.05, 4.69) is 20.9 Å². The number of aromatic nitrogens is 3. The third kappa shape index (κ3) is 7.38. The van der Waals surface area contributed by atoms with Gasteiger partial charge in [-0.1, -0.05) is 35.5 Å². The zero-order chi connectivity index (χ0) is 41.1. The normalized spacial score (nSPS) is 28.4. The van der Waals surface area contributed by atoms with E-state index < -0.39 is 102 Å². The molecule has 5 fully saturated rings. The number of aliphatic carboxylic acids is 2. The average molecular weight is 840 g/mol. The molecule has 1 aromatic carbocycles. The van der Waals surface area contributed by atoms with Gasteiger partial charge in [0.1, 0.15) is 33.6 Å². The number of fused-ring (bicyclic) bond motifs is 2. The van der Waals surface area contributed by atoms with Gasteiger partial charge < -0.3 is 40.3 Å². The Hall–Kier alpha value is -4.58. The second kappa shape index (κ2) is 16.0. The minimum Gasteiger partial charge on any atom is -0.548 e. The summed E-state index contributed by atoms with van der Waals surface area (Å²) in [6.07, 6.45) is 2.61. The van der Waals surface area contributed by atoms with Crippen molar-refractivity contribution in [2.24, 2.45) is 0 Å². The molecule has 0 bridgehead atoms. The Kier molecular flexibility index (Phi) is 12.2. The van der Waals surface area contributed by atoms with Crippen LogP contribution in [0.1, 0.15) is 45.7 Å². The summed E-state index contributed by atoms with van der Waals surface area (Å²) < 4.78 is 23.8. The van der Waals surface area contributed by atoms with Crippen LogP contribution in [0, 0.1) is 0 Å². The number of hydrogen-bond donors (Lipinski definition) is 3. The van der Waals surface area contributed by atoms with Crippen molar-refractivity contribution in [3.63, 3.8) is 0 Å². The maximum Gasteiger partial charge on any atom is 1.00 e. The fourth-order valence-corrected chi connectivity index (χ4v) is 11.6. The predicted octanol–water partition coefficient (Wildman–Crippen LogP) is -6.09. The number of hydrogen-bond acceptors (Lipinski definition) is 14. The third-order valence-electron chi connectivity index (χ3n) is 10.6. The van der Waals surface area contributed by atoms with E-state index in [1.54, 1.807) is 51.1 Å². The minimum absolute atomic E-state index is 0. The van der Waals surface area contributed by atoms with E-state index in [0.717, 1.165) is 9.80 Å². The van der Waals surface area contributed by atoms with E-state index in [4.69, 9.17) is 0 Å². The van der Waals surface area contributed by atoms with E-state index in [9.17, 15) is 57.0 Å². The Morgan fingerprint density at radius 2 is 1.68 bits per heavy atom. The van der Waals surface area contributed by atoms with Crippen LogP contribution in [0.2, 0.25) is 0 Å². The molecule has 57 heavy (non-hydrogen) atoms. The van der Waals surface area contributed by atoms with Crippen LogP contribution in [0.3, 0.4) is 0 Å². The summed E-state index contributed by atoms with van der Waals surface area (Å²) in [7, 11) is -3.84. The van der Waals surface area contributed by atoms with Crippen molar-refractivity contribution in [1.82, 2.24) is 45.2 Å². The van der Waals surface area contributed by atoms with Crippen molar-refractivity contribution < 1.29 is 86.5 Å². The molecule has 2 aromatic rings. The van der Waals surface area contributed by atoms with Gasteiger partial charge in [0.25, 0.3) is 0 Å². The fraction of sp³-hybridized carbons (Fsp3) is 0.515. The minimum atomic E-state index is -3.84. The topological polar surface area (TPSA) is 282 Å². The number of piperazine rings is 1. The summed E-state index contributed by atoms with van der Waals surface area (Å²) in [4.78, 5) is 103. The van der Waals surface area contributed by atoms with Crippen LogP contribution >= 0.6 is 11.8 Å². The zero-order valence-electron chi connectivity index (χ0n) is 31.4. The number of benzene rings is 1. The van der Waals surface area contributed by atoms with Crippen molar-refractivity contribution in [3.05, 3.63) is 48.3 Å². The average Bonchev–Trinajstić information content (AvgIpc) is 3.78. The van der Waals surface area contributed by atoms with E-state index in [-0.39, 0.29) is 55.6 Å². The second-order valence-electron chi connectivity index (χ2n) is 14.4. The van der Waals surface area contributed by atoms with Crippen LogP contribution in [-0.2, 0) is 49.9 Å². The molecule has 1 aromatic heterocycles. The summed E-state index contributed by atoms with van der Waals surface area (Å²) in [5.41, 5.74) is 0.403. The smallest absolute Gasteiger partial charge is 0.548 e. The van der Waals surface area contributed by atoms with Crippen LogP contribution in [0.4, 0.5) is 4.79 Å². The molecule has 7 rings (SSSR count). The molecule has 2 unspecified atom stereocenters. The Bertz CT molecular complexity index is 2110. The van der Waals surface area contributed by atoms with Gasteiger partial charge in [-0.25, -0.2) is 18.0 Å². The van der Waals surface area contributed by atoms with Crippen molar-refractivity contribution in [2.75, 3.05) is 19.6 Å². The third-order valence-corrected chi connectivity index (χ3v) is 14.9. The SMILES string of the molecule is CCN1CCN(C(=O)NC(C(=O)N[C@@H]2C(=O)N3[C@@H]2SC(C)(C)[C@@H]3C(=O)O)c2ccccc2)C(=O)C1=O.C[C@]1(Cn2ccnn2)[C@H](C(=O)[O-])N2C(=O)CC2S1(=O)=O.[Na+]. The van der Waals surface area contributed by atoms with Crippen LogP contribution in [0.15, 0.2) is 42.7 Å². The Morgan fingerprint density at radius 3 is 2.25 bits per heavy atom. The van der Waals surface area contributed by atoms with E-state index in [0.29, 0.717) is 12.1 Å². The van der Waals surface area contributed by atoms with Gasteiger partial charge in [-0.3, -0.25) is 33.6 Å². The molecule has 5 aliphatic heterocycles. The van der Waals surface area contributed by atoms with Gasteiger partial charge in [0, 0.05) is 30.6 Å². The summed E-state index contributed by atoms with van der Waals surface area (Å²) >= 11 is 1.28. The number of carboxylic acid groups (broad SMARTS) is 2. The molecule has 300 valence electrons. The monoisotopic (exact) mass is 839 g/mol. The summed E-state index contributed by atoms with van der Waals surface area (Å²) in [5.74, 6) is -6.19. The maximum atomic E-state index is 13.3. The van der Waals surface area contributed by atoms with E-state index in [1.165, 1.54) is 45.6 Å². The van der Waals surface area contributed by atoms with Crippen molar-refractivity contribution in [3.8, 4) is 0 Å². The maximum absolute atomic E-state index is 13.3. The van der Waals surface area contributed by atoms with Crippen molar-refractivity contribution in [2.45, 2.75) is 85.1 Å². The molecule has 3 N–H and O–H groups in total. The largest absolute Gasteiger partial charge is 1.00 e. The molecular formula is C33H38N9NaO12S2. The number of thioether (sulfide) groups is 1. The molecule has 5 saturated heterocycles. The van der Waals surface area contributed by atoms with Crippen molar-refractivity contribution >= 4 is 69.1 Å². The number of urea groups is 1. The molecule has 0 aliphatic carbocycles. The molecule has 0 saturated carbocycles. The molecule has 0 spiro atoms.